The van der Waals surface area contributed by atoms with Crippen LogP contribution in [0.25, 0.3) is 0 Å². The van der Waals surface area contributed by atoms with Crippen molar-refractivity contribution in [3.8, 4) is 0 Å². The second kappa shape index (κ2) is 6.64. The van der Waals surface area contributed by atoms with Gasteiger partial charge in [-0.05, 0) is 39.7 Å². The van der Waals surface area contributed by atoms with Gasteiger partial charge in [0.25, 0.3) is 0 Å². The highest BCUT2D eigenvalue weighted by Gasteiger charge is 2.33. The maximum atomic E-state index is 12.6. The van der Waals surface area contributed by atoms with E-state index in [-0.39, 0.29) is 18.4 Å². The summed E-state index contributed by atoms with van der Waals surface area (Å²) < 4.78 is 0. The topological polar surface area (TPSA) is 64.1 Å². The fraction of sp³-hybridized carbons (Fsp3) is 0.867. The van der Waals surface area contributed by atoms with E-state index in [9.17, 15) is 9.59 Å². The fourth-order valence-corrected chi connectivity index (χ4v) is 3.34. The molecule has 2 fully saturated rings. The number of aliphatic carboxylic acids is 1. The van der Waals surface area contributed by atoms with Crippen LogP contribution in [0, 0.1) is 5.92 Å². The van der Waals surface area contributed by atoms with Gasteiger partial charge in [-0.1, -0.05) is 0 Å². The molecule has 0 aromatic carbocycles. The molecule has 2 amide bonds. The molecule has 2 unspecified atom stereocenters. The van der Waals surface area contributed by atoms with E-state index in [1.165, 1.54) is 0 Å². The minimum Gasteiger partial charge on any atom is -0.481 e. The Balaban J connectivity index is 1.86. The number of carboxylic acid groups (broad SMARTS) is 1. The summed E-state index contributed by atoms with van der Waals surface area (Å²) in [7, 11) is 2.11. The van der Waals surface area contributed by atoms with Gasteiger partial charge >= 0.3 is 12.0 Å². The molecule has 6 heteroatoms. The van der Waals surface area contributed by atoms with Gasteiger partial charge < -0.3 is 14.9 Å². The third-order valence-corrected chi connectivity index (χ3v) is 4.98. The first kappa shape index (κ1) is 16.1. The number of piperazine rings is 1. The van der Waals surface area contributed by atoms with Crippen LogP contribution in [0.1, 0.15) is 33.1 Å². The molecule has 2 aliphatic rings. The van der Waals surface area contributed by atoms with Crippen LogP contribution in [0.15, 0.2) is 0 Å². The smallest absolute Gasteiger partial charge is 0.320 e. The van der Waals surface area contributed by atoms with Gasteiger partial charge in [-0.15, -0.1) is 0 Å². The average Bonchev–Trinajstić information content (AvgIpc) is 2.43. The van der Waals surface area contributed by atoms with Crippen LogP contribution in [0.2, 0.25) is 0 Å². The SMILES string of the molecule is CC1CN(C(=O)N2CCC(CC(=O)O)CC2)CC(C)N1C. The quantitative estimate of drug-likeness (QED) is 0.835. The van der Waals surface area contributed by atoms with Crippen molar-refractivity contribution in [3.05, 3.63) is 0 Å². The first-order valence-corrected chi connectivity index (χ1v) is 7.86. The monoisotopic (exact) mass is 297 g/mol. The van der Waals surface area contributed by atoms with Gasteiger partial charge in [0.2, 0.25) is 0 Å². The maximum absolute atomic E-state index is 12.6. The predicted octanol–water partition coefficient (Wildman–Crippen LogP) is 1.32. The van der Waals surface area contributed by atoms with Crippen molar-refractivity contribution in [1.82, 2.24) is 14.7 Å². The molecule has 120 valence electrons. The maximum Gasteiger partial charge on any atom is 0.320 e. The van der Waals surface area contributed by atoms with Gasteiger partial charge in [-0.25, -0.2) is 4.79 Å². The first-order valence-electron chi connectivity index (χ1n) is 7.86. The number of likely N-dealkylation sites (tertiary alicyclic amines) is 1. The molecular formula is C15H27N3O3. The van der Waals surface area contributed by atoms with E-state index in [0.29, 0.717) is 25.2 Å². The van der Waals surface area contributed by atoms with Gasteiger partial charge in [0.15, 0.2) is 0 Å². The van der Waals surface area contributed by atoms with Gasteiger partial charge in [0, 0.05) is 44.7 Å². The van der Waals surface area contributed by atoms with Crippen LogP contribution < -0.4 is 0 Å². The van der Waals surface area contributed by atoms with Crippen LogP contribution in [-0.4, -0.2) is 77.1 Å². The summed E-state index contributed by atoms with van der Waals surface area (Å²) in [5.41, 5.74) is 0. The molecule has 2 aliphatic heterocycles. The number of carbonyl (C=O) groups excluding carboxylic acids is 1. The molecule has 0 aliphatic carbocycles. The van der Waals surface area contributed by atoms with Crippen LogP contribution in [0.5, 0.6) is 0 Å². The Bertz CT molecular complexity index is 382. The van der Waals surface area contributed by atoms with E-state index >= 15 is 0 Å². The van der Waals surface area contributed by atoms with Crippen LogP contribution in [0.4, 0.5) is 4.79 Å². The number of nitrogens with zero attached hydrogens (tertiary/aromatic N) is 3. The predicted molar refractivity (Wildman–Crippen MR) is 80.2 cm³/mol. The molecule has 0 bridgehead atoms. The molecule has 6 nitrogen and oxygen atoms in total. The Morgan fingerprint density at radius 2 is 1.57 bits per heavy atom. The highest BCUT2D eigenvalue weighted by atomic mass is 16.4. The molecule has 0 radical (unpaired) electrons. The summed E-state index contributed by atoms with van der Waals surface area (Å²) >= 11 is 0. The normalized spacial score (nSPS) is 28.7. The lowest BCUT2D eigenvalue weighted by molar-refractivity contribution is -0.138. The molecule has 0 spiro atoms. The highest BCUT2D eigenvalue weighted by molar-refractivity contribution is 5.75. The summed E-state index contributed by atoms with van der Waals surface area (Å²) in [6, 6.07) is 0.875. The molecule has 21 heavy (non-hydrogen) atoms. The largest absolute Gasteiger partial charge is 0.481 e. The Hall–Kier alpha value is -1.30. The molecule has 2 heterocycles. The third kappa shape index (κ3) is 3.87. The Kier molecular flexibility index (Phi) is 5.08. The number of hydrogen-bond acceptors (Lipinski definition) is 3. The summed E-state index contributed by atoms with van der Waals surface area (Å²) in [5.74, 6) is -0.515. The molecule has 1 N–H and O–H groups in total. The molecule has 2 saturated heterocycles. The highest BCUT2D eigenvalue weighted by Crippen LogP contribution is 2.22. The summed E-state index contributed by atoms with van der Waals surface area (Å²) in [4.78, 5) is 29.5. The summed E-state index contributed by atoms with van der Waals surface area (Å²) in [6.07, 6.45) is 1.83. The first-order chi connectivity index (χ1) is 9.88. The van der Waals surface area contributed by atoms with Crippen molar-refractivity contribution in [2.45, 2.75) is 45.2 Å². The van der Waals surface area contributed by atoms with Crippen molar-refractivity contribution < 1.29 is 14.7 Å². The Labute approximate surface area is 126 Å². The standard InChI is InChI=1S/C15H27N3O3/c1-11-9-18(10-12(2)16(11)3)15(21)17-6-4-13(5-7-17)8-14(19)20/h11-13H,4-10H2,1-3H3,(H,19,20). The van der Waals surface area contributed by atoms with Crippen LogP contribution in [0.3, 0.4) is 0 Å². The second-order valence-corrected chi connectivity index (χ2v) is 6.58. The number of carboxylic acids is 1. The average molecular weight is 297 g/mol. The van der Waals surface area contributed by atoms with Gasteiger partial charge in [-0.2, -0.15) is 0 Å². The minimum absolute atomic E-state index is 0.121. The van der Waals surface area contributed by atoms with Crippen molar-refractivity contribution in [3.63, 3.8) is 0 Å². The summed E-state index contributed by atoms with van der Waals surface area (Å²) in [6.45, 7) is 7.21. The molecule has 0 saturated carbocycles. The van der Waals surface area contributed by atoms with Gasteiger partial charge in [0.1, 0.15) is 0 Å². The fourth-order valence-electron chi connectivity index (χ4n) is 3.34. The number of hydrogen-bond donors (Lipinski definition) is 1. The lowest BCUT2D eigenvalue weighted by Crippen LogP contribution is -2.59. The minimum atomic E-state index is -0.735. The van der Waals surface area contributed by atoms with E-state index in [4.69, 9.17) is 5.11 Å². The van der Waals surface area contributed by atoms with E-state index in [1.807, 2.05) is 9.80 Å². The number of piperidine rings is 1. The zero-order chi connectivity index (χ0) is 15.6. The summed E-state index contributed by atoms with van der Waals surface area (Å²) in [5, 5.41) is 8.83. The number of urea groups is 1. The Morgan fingerprint density at radius 3 is 2.05 bits per heavy atom. The molecular weight excluding hydrogens is 270 g/mol. The molecule has 0 aromatic rings. The van der Waals surface area contributed by atoms with Crippen molar-refractivity contribution >= 4 is 12.0 Å². The molecule has 0 aromatic heterocycles. The van der Waals surface area contributed by atoms with Gasteiger partial charge in [-0.3, -0.25) is 9.69 Å². The number of likely N-dealkylation sites (N-methyl/N-ethyl adjacent to an activating group) is 1. The number of amides is 2. The number of rotatable bonds is 2. The zero-order valence-corrected chi connectivity index (χ0v) is 13.3. The van der Waals surface area contributed by atoms with Gasteiger partial charge in [0.05, 0.1) is 0 Å². The lowest BCUT2D eigenvalue weighted by atomic mass is 9.94. The van der Waals surface area contributed by atoms with Crippen molar-refractivity contribution in [1.29, 1.82) is 0 Å². The van der Waals surface area contributed by atoms with Crippen molar-refractivity contribution in [2.75, 3.05) is 33.2 Å². The van der Waals surface area contributed by atoms with Crippen LogP contribution >= 0.6 is 0 Å². The van der Waals surface area contributed by atoms with E-state index in [2.05, 4.69) is 25.8 Å². The lowest BCUT2D eigenvalue weighted by Gasteiger charge is -2.44. The van der Waals surface area contributed by atoms with E-state index in [1.54, 1.807) is 0 Å². The second-order valence-electron chi connectivity index (χ2n) is 6.58. The van der Waals surface area contributed by atoms with Crippen molar-refractivity contribution in [2.24, 2.45) is 5.92 Å². The van der Waals surface area contributed by atoms with E-state index < -0.39 is 5.97 Å². The third-order valence-electron chi connectivity index (χ3n) is 4.98. The Morgan fingerprint density at radius 1 is 1.05 bits per heavy atom. The van der Waals surface area contributed by atoms with E-state index in [0.717, 1.165) is 25.9 Å². The molecule has 2 rings (SSSR count). The number of carbonyl (C=O) groups is 2. The molecule has 2 atom stereocenters. The van der Waals surface area contributed by atoms with Crippen LogP contribution in [-0.2, 0) is 4.79 Å². The zero-order valence-electron chi connectivity index (χ0n) is 13.3.